The average molecular weight is 223 g/mol. The van der Waals surface area contributed by atoms with Crippen LogP contribution < -0.4 is 0 Å². The predicted molar refractivity (Wildman–Crippen MR) is 68.8 cm³/mol. The molecule has 0 saturated carbocycles. The van der Waals surface area contributed by atoms with E-state index < -0.39 is 0 Å². The van der Waals surface area contributed by atoms with E-state index in [1.165, 1.54) is 11.1 Å². The third-order valence-corrected chi connectivity index (χ3v) is 2.91. The monoisotopic (exact) mass is 223 g/mol. The molecule has 84 valence electrons. The van der Waals surface area contributed by atoms with Crippen LogP contribution in [0.15, 0.2) is 36.5 Å². The molecule has 0 unspecified atom stereocenters. The fourth-order valence-electron chi connectivity index (χ4n) is 1.96. The molecule has 0 aliphatic rings. The second-order valence-corrected chi connectivity index (χ2v) is 4.28. The molecule has 3 nitrogen and oxygen atoms in total. The van der Waals surface area contributed by atoms with Crippen molar-refractivity contribution in [1.82, 2.24) is 15.0 Å². The van der Waals surface area contributed by atoms with Crippen molar-refractivity contribution in [1.29, 1.82) is 0 Å². The fourth-order valence-corrected chi connectivity index (χ4v) is 1.96. The topological polar surface area (TPSA) is 41.6 Å². The lowest BCUT2D eigenvalue weighted by molar-refractivity contribution is 1.27. The summed E-state index contributed by atoms with van der Waals surface area (Å²) in [4.78, 5) is 12.1. The van der Waals surface area contributed by atoms with Gasteiger partial charge in [-0.25, -0.2) is 9.97 Å². The van der Waals surface area contributed by atoms with Crippen molar-refractivity contribution in [2.45, 2.75) is 13.8 Å². The van der Waals surface area contributed by atoms with Crippen LogP contribution in [0.1, 0.15) is 11.1 Å². The Morgan fingerprint density at radius 2 is 2.00 bits per heavy atom. The average Bonchev–Trinajstić information content (AvgIpc) is 2.75. The number of benzene rings is 1. The van der Waals surface area contributed by atoms with Gasteiger partial charge in [0, 0.05) is 11.8 Å². The highest BCUT2D eigenvalue weighted by atomic mass is 15.0. The molecular weight excluding hydrogens is 210 g/mol. The second kappa shape index (κ2) is 3.70. The number of hydrogen-bond donors (Lipinski definition) is 1. The van der Waals surface area contributed by atoms with Gasteiger partial charge in [-0.1, -0.05) is 17.7 Å². The summed E-state index contributed by atoms with van der Waals surface area (Å²) in [5.41, 5.74) is 5.34. The van der Waals surface area contributed by atoms with Gasteiger partial charge in [-0.05, 0) is 37.6 Å². The molecule has 3 heteroatoms. The molecule has 0 amide bonds. The molecule has 1 N–H and O–H groups in total. The second-order valence-electron chi connectivity index (χ2n) is 4.28. The molecular formula is C14H13N3. The number of aromatic nitrogens is 3. The van der Waals surface area contributed by atoms with Crippen LogP contribution in [0, 0.1) is 13.8 Å². The van der Waals surface area contributed by atoms with Crippen LogP contribution in [0.25, 0.3) is 22.6 Å². The third kappa shape index (κ3) is 1.69. The van der Waals surface area contributed by atoms with E-state index in [1.54, 1.807) is 6.20 Å². The molecule has 0 saturated heterocycles. The van der Waals surface area contributed by atoms with E-state index in [4.69, 9.17) is 0 Å². The summed E-state index contributed by atoms with van der Waals surface area (Å²) in [5.74, 6) is 0.889. The largest absolute Gasteiger partial charge is 0.337 e. The van der Waals surface area contributed by atoms with Crippen molar-refractivity contribution in [2.75, 3.05) is 0 Å². The Labute approximate surface area is 99.5 Å². The number of fused-ring (bicyclic) bond motifs is 1. The molecule has 0 aliphatic heterocycles. The first-order valence-corrected chi connectivity index (χ1v) is 5.62. The van der Waals surface area contributed by atoms with Crippen molar-refractivity contribution in [2.24, 2.45) is 0 Å². The Morgan fingerprint density at radius 1 is 1.12 bits per heavy atom. The molecule has 1 aromatic carbocycles. The Morgan fingerprint density at radius 3 is 2.82 bits per heavy atom. The molecule has 2 heterocycles. The minimum Gasteiger partial charge on any atom is -0.337 e. The molecule has 0 bridgehead atoms. The number of imidazole rings is 1. The van der Waals surface area contributed by atoms with Gasteiger partial charge in [-0.3, -0.25) is 0 Å². The standard InChI is InChI=1S/C14H13N3/c1-9-5-6-10(2)11(8-9)13-16-12-4-3-7-15-14(12)17-13/h3-8H,1-2H3,(H,15,16,17). The Hall–Kier alpha value is -2.16. The van der Waals surface area contributed by atoms with Gasteiger partial charge in [0.1, 0.15) is 5.82 Å². The molecule has 0 fully saturated rings. The number of H-pyrrole nitrogens is 1. The highest BCUT2D eigenvalue weighted by molar-refractivity contribution is 5.76. The quantitative estimate of drug-likeness (QED) is 0.688. The highest BCUT2D eigenvalue weighted by Crippen LogP contribution is 2.23. The van der Waals surface area contributed by atoms with E-state index >= 15 is 0 Å². The third-order valence-electron chi connectivity index (χ3n) is 2.91. The molecule has 3 aromatic rings. The number of pyridine rings is 1. The minimum absolute atomic E-state index is 0.767. The molecule has 0 aliphatic carbocycles. The summed E-state index contributed by atoms with van der Waals surface area (Å²) in [5, 5.41) is 0. The lowest BCUT2D eigenvalue weighted by atomic mass is 10.1. The normalized spacial score (nSPS) is 10.9. The van der Waals surface area contributed by atoms with E-state index in [9.17, 15) is 0 Å². The highest BCUT2D eigenvalue weighted by Gasteiger charge is 2.08. The van der Waals surface area contributed by atoms with Crippen molar-refractivity contribution in [3.8, 4) is 11.4 Å². The number of nitrogens with zero attached hydrogens (tertiary/aromatic N) is 2. The van der Waals surface area contributed by atoms with Crippen LogP contribution in [-0.2, 0) is 0 Å². The predicted octanol–water partition coefficient (Wildman–Crippen LogP) is 3.24. The Kier molecular flexibility index (Phi) is 2.18. The summed E-state index contributed by atoms with van der Waals surface area (Å²) in [7, 11) is 0. The zero-order valence-corrected chi connectivity index (χ0v) is 9.86. The van der Waals surface area contributed by atoms with Gasteiger partial charge in [0.2, 0.25) is 0 Å². The lowest BCUT2D eigenvalue weighted by Crippen LogP contribution is -1.86. The van der Waals surface area contributed by atoms with Crippen LogP contribution in [0.2, 0.25) is 0 Å². The van der Waals surface area contributed by atoms with Gasteiger partial charge in [0.15, 0.2) is 5.65 Å². The number of nitrogens with one attached hydrogen (secondary N) is 1. The minimum atomic E-state index is 0.767. The summed E-state index contributed by atoms with van der Waals surface area (Å²) in [6, 6.07) is 10.3. The van der Waals surface area contributed by atoms with E-state index in [1.807, 2.05) is 12.1 Å². The van der Waals surface area contributed by atoms with E-state index in [2.05, 4.69) is 47.0 Å². The molecule has 0 atom stereocenters. The zero-order chi connectivity index (χ0) is 11.8. The summed E-state index contributed by atoms with van der Waals surface area (Å²) >= 11 is 0. The Bertz CT molecular complexity index is 650. The van der Waals surface area contributed by atoms with Crippen molar-refractivity contribution in [3.63, 3.8) is 0 Å². The smallest absolute Gasteiger partial charge is 0.178 e. The molecule has 0 radical (unpaired) electrons. The van der Waals surface area contributed by atoms with Gasteiger partial charge in [-0.15, -0.1) is 0 Å². The van der Waals surface area contributed by atoms with Crippen molar-refractivity contribution < 1.29 is 0 Å². The van der Waals surface area contributed by atoms with E-state index in [-0.39, 0.29) is 0 Å². The van der Waals surface area contributed by atoms with Crippen molar-refractivity contribution >= 4 is 11.2 Å². The summed E-state index contributed by atoms with van der Waals surface area (Å²) in [6.45, 7) is 4.18. The maximum Gasteiger partial charge on any atom is 0.178 e. The SMILES string of the molecule is Cc1ccc(C)c(-c2nc3ncccc3[nH]2)c1. The fraction of sp³-hybridized carbons (Fsp3) is 0.143. The van der Waals surface area contributed by atoms with Crippen LogP contribution in [0.5, 0.6) is 0 Å². The van der Waals surface area contributed by atoms with E-state index in [0.717, 1.165) is 22.6 Å². The number of rotatable bonds is 1. The number of aryl methyl sites for hydroxylation is 2. The molecule has 0 spiro atoms. The van der Waals surface area contributed by atoms with Crippen LogP contribution in [0.4, 0.5) is 0 Å². The number of hydrogen-bond acceptors (Lipinski definition) is 2. The van der Waals surface area contributed by atoms with Crippen LogP contribution in [0.3, 0.4) is 0 Å². The first-order valence-electron chi connectivity index (χ1n) is 5.62. The van der Waals surface area contributed by atoms with Gasteiger partial charge in [0.25, 0.3) is 0 Å². The summed E-state index contributed by atoms with van der Waals surface area (Å²) < 4.78 is 0. The van der Waals surface area contributed by atoms with Gasteiger partial charge in [0.05, 0.1) is 5.52 Å². The van der Waals surface area contributed by atoms with Gasteiger partial charge < -0.3 is 4.98 Å². The van der Waals surface area contributed by atoms with Gasteiger partial charge >= 0.3 is 0 Å². The molecule has 17 heavy (non-hydrogen) atoms. The lowest BCUT2D eigenvalue weighted by Gasteiger charge is -2.03. The van der Waals surface area contributed by atoms with Crippen molar-refractivity contribution in [3.05, 3.63) is 47.7 Å². The number of aromatic amines is 1. The van der Waals surface area contributed by atoms with E-state index in [0.29, 0.717) is 0 Å². The first-order chi connectivity index (χ1) is 8.24. The molecule has 3 rings (SSSR count). The summed E-state index contributed by atoms with van der Waals surface area (Å²) in [6.07, 6.45) is 1.76. The maximum absolute atomic E-state index is 4.52. The Balaban J connectivity index is 2.23. The van der Waals surface area contributed by atoms with Gasteiger partial charge in [-0.2, -0.15) is 0 Å². The van der Waals surface area contributed by atoms with Crippen LogP contribution >= 0.6 is 0 Å². The maximum atomic E-state index is 4.52. The van der Waals surface area contributed by atoms with Crippen LogP contribution in [-0.4, -0.2) is 15.0 Å². The first kappa shape index (κ1) is 10.0. The molecule has 2 aromatic heterocycles. The zero-order valence-electron chi connectivity index (χ0n) is 9.86.